The Hall–Kier alpha value is -2.22. The van der Waals surface area contributed by atoms with Gasteiger partial charge >= 0.3 is 6.15 Å². The van der Waals surface area contributed by atoms with Gasteiger partial charge in [-0.3, -0.25) is 0 Å². The molecule has 1 N–H and O–H groups in total. The Morgan fingerprint density at radius 1 is 0.864 bits per heavy atom. The fourth-order valence-corrected chi connectivity index (χ4v) is 2.84. The van der Waals surface area contributed by atoms with Crippen LogP contribution in [0.25, 0.3) is 11.1 Å². The smallest absolute Gasteiger partial charge is 0.310 e. The number of benzene rings is 2. The SMILES string of the molecule is O=C=O.c1ccc(-c2ccc(CNC3CCCC3)cc2)cc1. The van der Waals surface area contributed by atoms with E-state index in [4.69, 9.17) is 9.59 Å². The molecule has 114 valence electrons. The maximum Gasteiger partial charge on any atom is 0.373 e. The highest BCUT2D eigenvalue weighted by molar-refractivity contribution is 5.63. The lowest BCUT2D eigenvalue weighted by Crippen LogP contribution is -2.25. The van der Waals surface area contributed by atoms with Gasteiger partial charge in [-0.25, -0.2) is 0 Å². The monoisotopic (exact) mass is 295 g/mol. The maximum absolute atomic E-state index is 8.12. The molecule has 2 aromatic carbocycles. The van der Waals surface area contributed by atoms with Crippen molar-refractivity contribution in [1.29, 1.82) is 0 Å². The molecule has 22 heavy (non-hydrogen) atoms. The highest BCUT2D eigenvalue weighted by atomic mass is 16.2. The van der Waals surface area contributed by atoms with Gasteiger partial charge in [-0.2, -0.15) is 9.59 Å². The van der Waals surface area contributed by atoms with E-state index in [9.17, 15) is 0 Å². The molecule has 0 saturated heterocycles. The van der Waals surface area contributed by atoms with Gasteiger partial charge in [-0.1, -0.05) is 67.4 Å². The summed E-state index contributed by atoms with van der Waals surface area (Å²) in [6, 6.07) is 20.2. The first-order chi connectivity index (χ1) is 10.8. The Kier molecular flexibility index (Phi) is 6.56. The van der Waals surface area contributed by atoms with E-state index in [0.717, 1.165) is 12.6 Å². The molecule has 0 spiro atoms. The first-order valence-corrected chi connectivity index (χ1v) is 7.70. The predicted octanol–water partition coefficient (Wildman–Crippen LogP) is 3.80. The summed E-state index contributed by atoms with van der Waals surface area (Å²) < 4.78 is 0. The summed E-state index contributed by atoms with van der Waals surface area (Å²) in [5.74, 6) is 0. The molecule has 3 heteroatoms. The van der Waals surface area contributed by atoms with Crippen molar-refractivity contribution in [1.82, 2.24) is 5.32 Å². The fourth-order valence-electron chi connectivity index (χ4n) is 2.84. The minimum Gasteiger partial charge on any atom is -0.310 e. The highest BCUT2D eigenvalue weighted by Gasteiger charge is 2.13. The summed E-state index contributed by atoms with van der Waals surface area (Å²) in [5.41, 5.74) is 3.97. The number of nitrogens with one attached hydrogen (secondary N) is 1. The quantitative estimate of drug-likeness (QED) is 0.933. The molecule has 1 aliphatic rings. The number of hydrogen-bond acceptors (Lipinski definition) is 3. The van der Waals surface area contributed by atoms with Crippen LogP contribution in [0.3, 0.4) is 0 Å². The Balaban J connectivity index is 0.000000545. The molecule has 3 nitrogen and oxygen atoms in total. The zero-order chi connectivity index (χ0) is 15.6. The van der Waals surface area contributed by atoms with Crippen LogP contribution in [0.5, 0.6) is 0 Å². The second-order valence-corrected chi connectivity index (χ2v) is 5.51. The Labute approximate surface area is 131 Å². The van der Waals surface area contributed by atoms with E-state index in [1.807, 2.05) is 0 Å². The largest absolute Gasteiger partial charge is 0.373 e. The molecular formula is C19H21NO2. The molecule has 1 aliphatic carbocycles. The van der Waals surface area contributed by atoms with Crippen LogP contribution in [-0.4, -0.2) is 12.2 Å². The third-order valence-corrected chi connectivity index (χ3v) is 4.01. The van der Waals surface area contributed by atoms with Gasteiger partial charge in [0.1, 0.15) is 0 Å². The average molecular weight is 295 g/mol. The molecule has 0 heterocycles. The molecule has 3 rings (SSSR count). The second kappa shape index (κ2) is 8.93. The van der Waals surface area contributed by atoms with E-state index in [1.165, 1.54) is 42.4 Å². The van der Waals surface area contributed by atoms with E-state index in [0.29, 0.717) is 0 Å². The van der Waals surface area contributed by atoms with Crippen LogP contribution in [0.2, 0.25) is 0 Å². The molecule has 0 atom stereocenters. The highest BCUT2D eigenvalue weighted by Crippen LogP contribution is 2.20. The summed E-state index contributed by atoms with van der Waals surface area (Å²) in [7, 11) is 0. The normalized spacial score (nSPS) is 14.0. The van der Waals surface area contributed by atoms with Crippen molar-refractivity contribution >= 4 is 6.15 Å². The van der Waals surface area contributed by atoms with Gasteiger partial charge in [0.2, 0.25) is 0 Å². The van der Waals surface area contributed by atoms with Crippen molar-refractivity contribution in [3.8, 4) is 11.1 Å². The first kappa shape index (κ1) is 16.2. The average Bonchev–Trinajstić information content (AvgIpc) is 3.09. The molecule has 0 radical (unpaired) electrons. The molecule has 0 aliphatic heterocycles. The zero-order valence-corrected chi connectivity index (χ0v) is 12.6. The fraction of sp³-hybridized carbons (Fsp3) is 0.316. The maximum atomic E-state index is 8.12. The van der Waals surface area contributed by atoms with Crippen LogP contribution < -0.4 is 5.32 Å². The van der Waals surface area contributed by atoms with E-state index in [-0.39, 0.29) is 6.15 Å². The van der Waals surface area contributed by atoms with Crippen molar-refractivity contribution in [2.24, 2.45) is 0 Å². The van der Waals surface area contributed by atoms with Gasteiger partial charge in [0, 0.05) is 12.6 Å². The van der Waals surface area contributed by atoms with Crippen LogP contribution in [0.15, 0.2) is 54.6 Å². The Morgan fingerprint density at radius 2 is 1.41 bits per heavy atom. The van der Waals surface area contributed by atoms with Crippen LogP contribution in [0, 0.1) is 0 Å². The lowest BCUT2D eigenvalue weighted by Gasteiger charge is -2.12. The minimum absolute atomic E-state index is 0.250. The number of rotatable bonds is 4. The van der Waals surface area contributed by atoms with Crippen molar-refractivity contribution < 1.29 is 9.59 Å². The summed E-state index contributed by atoms with van der Waals surface area (Å²) in [6.07, 6.45) is 5.74. The van der Waals surface area contributed by atoms with Gasteiger partial charge in [0.15, 0.2) is 0 Å². The number of carbonyl (C=O) groups excluding carboxylic acids is 2. The van der Waals surface area contributed by atoms with Crippen LogP contribution >= 0.6 is 0 Å². The first-order valence-electron chi connectivity index (χ1n) is 7.70. The summed E-state index contributed by atoms with van der Waals surface area (Å²) in [5, 5.41) is 3.66. The lowest BCUT2D eigenvalue weighted by molar-refractivity contribution is -0.191. The molecule has 0 bridgehead atoms. The molecule has 1 fully saturated rings. The Morgan fingerprint density at radius 3 is 2.00 bits per heavy atom. The van der Waals surface area contributed by atoms with E-state index in [1.54, 1.807) is 0 Å². The van der Waals surface area contributed by atoms with Crippen molar-refractivity contribution in [2.75, 3.05) is 0 Å². The summed E-state index contributed by atoms with van der Waals surface area (Å²) in [6.45, 7) is 1.000. The van der Waals surface area contributed by atoms with E-state index < -0.39 is 0 Å². The summed E-state index contributed by atoms with van der Waals surface area (Å²) >= 11 is 0. The zero-order valence-electron chi connectivity index (χ0n) is 12.6. The van der Waals surface area contributed by atoms with Crippen LogP contribution in [0.1, 0.15) is 31.2 Å². The Bertz CT molecular complexity index is 581. The van der Waals surface area contributed by atoms with E-state index >= 15 is 0 Å². The molecule has 0 aromatic heterocycles. The molecule has 0 unspecified atom stereocenters. The lowest BCUT2D eigenvalue weighted by atomic mass is 10.0. The standard InChI is InChI=1S/C18H21N.CO2/c1-2-6-16(7-3-1)17-12-10-15(11-13-17)14-19-18-8-4-5-9-18;2-1-3/h1-3,6-7,10-13,18-19H,4-5,8-9,14H2;. The van der Waals surface area contributed by atoms with Crippen molar-refractivity contribution in [2.45, 2.75) is 38.3 Å². The third kappa shape index (κ3) is 4.96. The topological polar surface area (TPSA) is 46.2 Å². The van der Waals surface area contributed by atoms with Crippen LogP contribution in [0.4, 0.5) is 0 Å². The van der Waals surface area contributed by atoms with Gasteiger partial charge in [-0.15, -0.1) is 0 Å². The molecule has 2 aromatic rings. The van der Waals surface area contributed by atoms with E-state index in [2.05, 4.69) is 59.9 Å². The summed E-state index contributed by atoms with van der Waals surface area (Å²) in [4.78, 5) is 16.2. The van der Waals surface area contributed by atoms with Gasteiger partial charge < -0.3 is 5.32 Å². The second-order valence-electron chi connectivity index (χ2n) is 5.51. The van der Waals surface area contributed by atoms with Crippen molar-refractivity contribution in [3.05, 3.63) is 60.2 Å². The van der Waals surface area contributed by atoms with Gasteiger partial charge in [-0.05, 0) is 29.5 Å². The number of hydrogen-bond donors (Lipinski definition) is 1. The van der Waals surface area contributed by atoms with Gasteiger partial charge in [0.05, 0.1) is 0 Å². The van der Waals surface area contributed by atoms with Crippen LogP contribution in [-0.2, 0) is 16.1 Å². The van der Waals surface area contributed by atoms with Crippen molar-refractivity contribution in [3.63, 3.8) is 0 Å². The molecular weight excluding hydrogens is 274 g/mol. The third-order valence-electron chi connectivity index (χ3n) is 4.01. The molecule has 0 amide bonds. The molecule has 1 saturated carbocycles. The van der Waals surface area contributed by atoms with Gasteiger partial charge in [0.25, 0.3) is 0 Å². The minimum atomic E-state index is 0.250. The predicted molar refractivity (Wildman–Crippen MR) is 86.0 cm³/mol.